The maximum absolute atomic E-state index is 12.1. The molecule has 0 aromatic heterocycles. The zero-order valence-electron chi connectivity index (χ0n) is 12.9. The molecule has 0 spiro atoms. The van der Waals surface area contributed by atoms with Crippen molar-refractivity contribution in [2.45, 2.75) is 37.1 Å². The van der Waals surface area contributed by atoms with E-state index < -0.39 is 0 Å². The number of carbonyl (C=O) groups is 1. The summed E-state index contributed by atoms with van der Waals surface area (Å²) in [5, 5.41) is 0. The second-order valence-corrected chi connectivity index (χ2v) is 6.92. The van der Waals surface area contributed by atoms with Crippen molar-refractivity contribution in [2.75, 3.05) is 13.1 Å². The molecule has 0 saturated carbocycles. The molecular formula is C18H24BrNO2. The lowest BCUT2D eigenvalue weighted by atomic mass is 9.91. The number of carbonyl (C=O) groups excluding carboxylic acids is 1. The van der Waals surface area contributed by atoms with Crippen molar-refractivity contribution in [1.29, 1.82) is 0 Å². The first kappa shape index (κ1) is 17.1. The molecule has 120 valence electrons. The van der Waals surface area contributed by atoms with Crippen LogP contribution in [0, 0.1) is 5.92 Å². The number of nitrogens with zero attached hydrogens (tertiary/aromatic N) is 1. The summed E-state index contributed by atoms with van der Waals surface area (Å²) < 4.78 is 5.39. The van der Waals surface area contributed by atoms with Crippen LogP contribution in [0.5, 0.6) is 0 Å². The van der Waals surface area contributed by atoms with Crippen molar-refractivity contribution >= 4 is 22.0 Å². The van der Waals surface area contributed by atoms with Gasteiger partial charge >= 0.3 is 6.09 Å². The number of amides is 1. The summed E-state index contributed by atoms with van der Waals surface area (Å²) in [6.07, 6.45) is 5.99. The van der Waals surface area contributed by atoms with Gasteiger partial charge in [-0.3, -0.25) is 0 Å². The molecule has 1 amide bonds. The van der Waals surface area contributed by atoms with Gasteiger partial charge in [0.05, 0.1) is 0 Å². The molecule has 0 N–H and O–H groups in total. The fourth-order valence-corrected chi connectivity index (χ4v) is 3.56. The Morgan fingerprint density at radius 2 is 2.05 bits per heavy atom. The summed E-state index contributed by atoms with van der Waals surface area (Å²) in [6.45, 7) is 5.69. The topological polar surface area (TPSA) is 29.5 Å². The third-order valence-corrected chi connectivity index (χ3v) is 5.37. The summed E-state index contributed by atoms with van der Waals surface area (Å²) in [4.78, 5) is 14.4. The molecule has 3 nitrogen and oxygen atoms in total. The summed E-state index contributed by atoms with van der Waals surface area (Å²) >= 11 is 3.78. The largest absolute Gasteiger partial charge is 0.445 e. The van der Waals surface area contributed by atoms with Crippen LogP contribution in [0.1, 0.15) is 31.2 Å². The molecule has 1 aliphatic heterocycles. The van der Waals surface area contributed by atoms with Crippen molar-refractivity contribution in [3.63, 3.8) is 0 Å². The monoisotopic (exact) mass is 365 g/mol. The molecule has 1 fully saturated rings. The molecule has 1 heterocycles. The minimum absolute atomic E-state index is 0.195. The van der Waals surface area contributed by atoms with Gasteiger partial charge in [0.15, 0.2) is 0 Å². The quantitative estimate of drug-likeness (QED) is 0.536. The molecule has 0 aliphatic carbocycles. The Balaban J connectivity index is 1.71. The number of benzene rings is 1. The molecule has 2 rings (SSSR count). The highest BCUT2D eigenvalue weighted by molar-refractivity contribution is 9.09. The number of halogens is 1. The Bertz CT molecular complexity index is 469. The number of allylic oxidation sites excluding steroid dienone is 1. The van der Waals surface area contributed by atoms with Crippen molar-refractivity contribution in [2.24, 2.45) is 5.92 Å². The minimum atomic E-state index is -0.195. The van der Waals surface area contributed by atoms with E-state index in [1.165, 1.54) is 0 Å². The molecule has 1 unspecified atom stereocenters. The molecule has 1 atom stereocenters. The third-order valence-electron chi connectivity index (χ3n) is 4.16. The summed E-state index contributed by atoms with van der Waals surface area (Å²) in [5.74, 6) is 0.637. The van der Waals surface area contributed by atoms with Crippen molar-refractivity contribution < 1.29 is 9.53 Å². The van der Waals surface area contributed by atoms with Crippen molar-refractivity contribution in [1.82, 2.24) is 4.90 Å². The van der Waals surface area contributed by atoms with E-state index in [-0.39, 0.29) is 6.09 Å². The SMILES string of the molecule is C=CCCC(Br)C1CCN(C(=O)OCc2ccccc2)CC1. The molecule has 1 aromatic carbocycles. The van der Waals surface area contributed by atoms with Crippen LogP contribution in [0.2, 0.25) is 0 Å². The van der Waals surface area contributed by atoms with Crippen molar-refractivity contribution in [3.8, 4) is 0 Å². The number of ether oxygens (including phenoxy) is 1. The highest BCUT2D eigenvalue weighted by Gasteiger charge is 2.27. The van der Waals surface area contributed by atoms with Crippen molar-refractivity contribution in [3.05, 3.63) is 48.6 Å². The first-order chi connectivity index (χ1) is 10.7. The number of piperidine rings is 1. The normalized spacial score (nSPS) is 17.0. The average Bonchev–Trinajstić information content (AvgIpc) is 2.58. The van der Waals surface area contributed by atoms with Crippen LogP contribution in [0.3, 0.4) is 0 Å². The Morgan fingerprint density at radius 3 is 2.68 bits per heavy atom. The van der Waals surface area contributed by atoms with Crippen LogP contribution < -0.4 is 0 Å². The Kier molecular flexibility index (Phi) is 6.97. The van der Waals surface area contributed by atoms with Crippen LogP contribution in [-0.4, -0.2) is 28.9 Å². The number of alkyl halides is 1. The second kappa shape index (κ2) is 8.99. The minimum Gasteiger partial charge on any atom is -0.445 e. The highest BCUT2D eigenvalue weighted by atomic mass is 79.9. The van der Waals surface area contributed by atoms with E-state index in [1.54, 1.807) is 0 Å². The Morgan fingerprint density at radius 1 is 1.36 bits per heavy atom. The van der Waals surface area contributed by atoms with Gasteiger partial charge in [0, 0.05) is 17.9 Å². The van der Waals surface area contributed by atoms with Gasteiger partial charge in [0.2, 0.25) is 0 Å². The predicted molar refractivity (Wildman–Crippen MR) is 93.1 cm³/mol. The zero-order chi connectivity index (χ0) is 15.8. The van der Waals surface area contributed by atoms with Gasteiger partial charge in [-0.2, -0.15) is 0 Å². The Hall–Kier alpha value is -1.29. The van der Waals surface area contributed by atoms with Gasteiger partial charge in [-0.1, -0.05) is 52.3 Å². The van der Waals surface area contributed by atoms with Gasteiger partial charge in [0.1, 0.15) is 6.61 Å². The van der Waals surface area contributed by atoms with E-state index in [0.717, 1.165) is 44.3 Å². The molecule has 1 saturated heterocycles. The number of hydrogen-bond donors (Lipinski definition) is 0. The molecule has 4 heteroatoms. The van der Waals surface area contributed by atoms with E-state index >= 15 is 0 Å². The lowest BCUT2D eigenvalue weighted by molar-refractivity contribution is 0.0820. The first-order valence-corrected chi connectivity index (χ1v) is 8.83. The van der Waals surface area contributed by atoms with Gasteiger partial charge in [0.25, 0.3) is 0 Å². The first-order valence-electron chi connectivity index (χ1n) is 7.91. The van der Waals surface area contributed by atoms with Gasteiger partial charge in [-0.25, -0.2) is 4.79 Å². The standard InChI is InChI=1S/C18H24BrNO2/c1-2-3-9-17(19)16-10-12-20(13-11-16)18(21)22-14-15-7-5-4-6-8-15/h2,4-8,16-17H,1,3,9-14H2. The average molecular weight is 366 g/mol. The number of hydrogen-bond acceptors (Lipinski definition) is 2. The highest BCUT2D eigenvalue weighted by Crippen LogP contribution is 2.28. The molecule has 22 heavy (non-hydrogen) atoms. The maximum atomic E-state index is 12.1. The fourth-order valence-electron chi connectivity index (χ4n) is 2.77. The lowest BCUT2D eigenvalue weighted by Crippen LogP contribution is -2.40. The molecule has 0 radical (unpaired) electrons. The van der Waals surface area contributed by atoms with Crippen LogP contribution in [-0.2, 0) is 11.3 Å². The van der Waals surface area contributed by atoms with E-state index in [0.29, 0.717) is 17.4 Å². The van der Waals surface area contributed by atoms with E-state index in [1.807, 2.05) is 41.3 Å². The van der Waals surface area contributed by atoms with Gasteiger partial charge in [-0.05, 0) is 37.2 Å². The molecule has 1 aliphatic rings. The smallest absolute Gasteiger partial charge is 0.410 e. The van der Waals surface area contributed by atoms with E-state index in [4.69, 9.17) is 4.74 Å². The summed E-state index contributed by atoms with van der Waals surface area (Å²) in [7, 11) is 0. The van der Waals surface area contributed by atoms with Gasteiger partial charge < -0.3 is 9.64 Å². The third kappa shape index (κ3) is 5.16. The molecular weight excluding hydrogens is 342 g/mol. The van der Waals surface area contributed by atoms with Crippen LogP contribution in [0.4, 0.5) is 4.79 Å². The fraction of sp³-hybridized carbons (Fsp3) is 0.500. The van der Waals surface area contributed by atoms with Crippen LogP contribution >= 0.6 is 15.9 Å². The van der Waals surface area contributed by atoms with Crippen LogP contribution in [0.25, 0.3) is 0 Å². The van der Waals surface area contributed by atoms with E-state index in [2.05, 4.69) is 22.5 Å². The van der Waals surface area contributed by atoms with Crippen LogP contribution in [0.15, 0.2) is 43.0 Å². The predicted octanol–water partition coefficient (Wildman–Crippen LogP) is 4.76. The van der Waals surface area contributed by atoms with Gasteiger partial charge in [-0.15, -0.1) is 6.58 Å². The summed E-state index contributed by atoms with van der Waals surface area (Å²) in [5.41, 5.74) is 1.02. The van der Waals surface area contributed by atoms with E-state index in [9.17, 15) is 4.79 Å². The second-order valence-electron chi connectivity index (χ2n) is 5.75. The lowest BCUT2D eigenvalue weighted by Gasteiger charge is -2.33. The molecule has 0 bridgehead atoms. The molecule has 1 aromatic rings. The maximum Gasteiger partial charge on any atom is 0.410 e. The number of rotatable bonds is 6. The number of likely N-dealkylation sites (tertiary alicyclic amines) is 1. The zero-order valence-corrected chi connectivity index (χ0v) is 14.5. The Labute approximate surface area is 141 Å². The summed E-state index contributed by atoms with van der Waals surface area (Å²) in [6, 6.07) is 9.80.